The second-order valence-electron chi connectivity index (χ2n) is 5.37. The fraction of sp³-hybridized carbons (Fsp3) is 0.909. The second kappa shape index (κ2) is 4.39. The molecule has 15 heavy (non-hydrogen) atoms. The minimum absolute atomic E-state index is 0.191. The number of hydrogen-bond donors (Lipinski definition) is 1. The van der Waals surface area contributed by atoms with E-state index in [-0.39, 0.29) is 12.3 Å². The Morgan fingerprint density at radius 3 is 2.53 bits per heavy atom. The summed E-state index contributed by atoms with van der Waals surface area (Å²) in [4.78, 5) is 13.4. The van der Waals surface area contributed by atoms with E-state index in [2.05, 4.69) is 6.92 Å². The van der Waals surface area contributed by atoms with E-state index in [4.69, 9.17) is 10.5 Å². The normalized spacial score (nSPS) is 27.7. The van der Waals surface area contributed by atoms with Gasteiger partial charge in [-0.2, -0.15) is 0 Å². The van der Waals surface area contributed by atoms with Crippen molar-refractivity contribution in [3.05, 3.63) is 0 Å². The molecule has 1 amide bonds. The van der Waals surface area contributed by atoms with Crippen molar-refractivity contribution in [2.24, 2.45) is 11.7 Å². The number of amides is 1. The number of likely N-dealkylation sites (tertiary alicyclic amines) is 1. The molecule has 2 unspecified atom stereocenters. The first-order valence-electron chi connectivity index (χ1n) is 5.55. The van der Waals surface area contributed by atoms with Gasteiger partial charge in [-0.25, -0.2) is 4.79 Å². The third kappa shape index (κ3) is 3.70. The van der Waals surface area contributed by atoms with Crippen molar-refractivity contribution in [1.82, 2.24) is 4.90 Å². The lowest BCUT2D eigenvalue weighted by molar-refractivity contribution is 0.00647. The van der Waals surface area contributed by atoms with Gasteiger partial charge in [0.25, 0.3) is 0 Å². The summed E-state index contributed by atoms with van der Waals surface area (Å²) in [6, 6.07) is 0. The largest absolute Gasteiger partial charge is 0.444 e. The summed E-state index contributed by atoms with van der Waals surface area (Å²) < 4.78 is 5.29. The number of ether oxygens (including phenoxy) is 1. The van der Waals surface area contributed by atoms with Crippen molar-refractivity contribution >= 4 is 6.09 Å². The van der Waals surface area contributed by atoms with E-state index in [0.29, 0.717) is 12.5 Å². The Morgan fingerprint density at radius 1 is 1.47 bits per heavy atom. The lowest BCUT2D eigenvalue weighted by Gasteiger charge is -2.36. The molecule has 1 fully saturated rings. The van der Waals surface area contributed by atoms with E-state index in [9.17, 15) is 4.79 Å². The molecule has 0 radical (unpaired) electrons. The third-order valence-electron chi connectivity index (χ3n) is 2.53. The van der Waals surface area contributed by atoms with Gasteiger partial charge in [0.15, 0.2) is 0 Å². The number of rotatable bonds is 0. The molecule has 0 spiro atoms. The van der Waals surface area contributed by atoms with Gasteiger partial charge in [0.2, 0.25) is 0 Å². The van der Waals surface area contributed by atoms with Crippen molar-refractivity contribution in [1.29, 1.82) is 0 Å². The lowest BCUT2D eigenvalue weighted by atomic mass is 9.97. The van der Waals surface area contributed by atoms with Crippen molar-refractivity contribution in [3.63, 3.8) is 0 Å². The van der Waals surface area contributed by atoms with Crippen LogP contribution in [0.4, 0.5) is 4.79 Å². The Bertz CT molecular complexity index is 235. The molecule has 0 aromatic rings. The summed E-state index contributed by atoms with van der Waals surface area (Å²) in [5.41, 5.74) is 5.47. The van der Waals surface area contributed by atoms with Gasteiger partial charge < -0.3 is 10.5 Å². The zero-order valence-corrected chi connectivity index (χ0v) is 10.1. The van der Waals surface area contributed by atoms with Crippen molar-refractivity contribution in [3.8, 4) is 0 Å². The average Bonchev–Trinajstić information content (AvgIpc) is 1.99. The highest BCUT2D eigenvalue weighted by Gasteiger charge is 2.30. The molecule has 1 heterocycles. The minimum atomic E-state index is -0.445. The highest BCUT2D eigenvalue weighted by molar-refractivity contribution is 5.68. The Kier molecular flexibility index (Phi) is 3.60. The van der Waals surface area contributed by atoms with Gasteiger partial charge in [-0.05, 0) is 39.5 Å². The third-order valence-corrected chi connectivity index (χ3v) is 2.53. The maximum Gasteiger partial charge on any atom is 0.411 e. The van der Waals surface area contributed by atoms with Crippen LogP contribution in [0.25, 0.3) is 0 Å². The molecule has 0 aliphatic carbocycles. The Balaban J connectivity index is 2.53. The van der Waals surface area contributed by atoms with Crippen LogP contribution in [0.5, 0.6) is 0 Å². The number of carbonyl (C=O) groups is 1. The SMILES string of the molecule is CC1CCN(C(=O)OC(C)(C)C)C(N)C1. The Labute approximate surface area is 91.8 Å². The van der Waals surface area contributed by atoms with E-state index in [1.807, 2.05) is 20.8 Å². The van der Waals surface area contributed by atoms with Crippen molar-refractivity contribution < 1.29 is 9.53 Å². The molecule has 0 bridgehead atoms. The maximum atomic E-state index is 11.8. The maximum absolute atomic E-state index is 11.8. The standard InChI is InChI=1S/C11H22N2O2/c1-8-5-6-13(9(12)7-8)10(14)15-11(2,3)4/h8-9H,5-7,12H2,1-4H3. The number of nitrogens with two attached hydrogens (primary N) is 1. The molecule has 1 aliphatic rings. The van der Waals surface area contributed by atoms with Crippen LogP contribution in [0.2, 0.25) is 0 Å². The van der Waals surface area contributed by atoms with E-state index in [1.165, 1.54) is 0 Å². The number of nitrogens with zero attached hydrogens (tertiary/aromatic N) is 1. The first kappa shape index (κ1) is 12.3. The average molecular weight is 214 g/mol. The molecule has 1 rings (SSSR count). The number of hydrogen-bond acceptors (Lipinski definition) is 3. The summed E-state index contributed by atoms with van der Waals surface area (Å²) in [6.45, 7) is 8.46. The van der Waals surface area contributed by atoms with Gasteiger partial charge in [-0.15, -0.1) is 0 Å². The Morgan fingerprint density at radius 2 is 2.07 bits per heavy atom. The quantitative estimate of drug-likeness (QED) is 0.670. The van der Waals surface area contributed by atoms with Crippen LogP contribution < -0.4 is 5.73 Å². The van der Waals surface area contributed by atoms with Crippen LogP contribution in [0.1, 0.15) is 40.5 Å². The highest BCUT2D eigenvalue weighted by atomic mass is 16.6. The summed E-state index contributed by atoms with van der Waals surface area (Å²) in [5.74, 6) is 0.596. The summed E-state index contributed by atoms with van der Waals surface area (Å²) in [7, 11) is 0. The van der Waals surface area contributed by atoms with Gasteiger partial charge >= 0.3 is 6.09 Å². The van der Waals surface area contributed by atoms with E-state index >= 15 is 0 Å². The van der Waals surface area contributed by atoms with Crippen LogP contribution in [-0.4, -0.2) is 29.3 Å². The van der Waals surface area contributed by atoms with Crippen LogP contribution in [0.3, 0.4) is 0 Å². The van der Waals surface area contributed by atoms with E-state index < -0.39 is 5.60 Å². The van der Waals surface area contributed by atoms with E-state index in [0.717, 1.165) is 12.8 Å². The first-order valence-corrected chi connectivity index (χ1v) is 5.55. The molecule has 2 atom stereocenters. The zero-order chi connectivity index (χ0) is 11.6. The molecule has 0 aromatic heterocycles. The predicted molar refractivity (Wildman–Crippen MR) is 59.3 cm³/mol. The second-order valence-corrected chi connectivity index (χ2v) is 5.37. The lowest BCUT2D eigenvalue weighted by Crippen LogP contribution is -2.51. The van der Waals surface area contributed by atoms with Crippen LogP contribution in [0.15, 0.2) is 0 Å². The fourth-order valence-corrected chi connectivity index (χ4v) is 1.73. The van der Waals surface area contributed by atoms with Gasteiger partial charge in [0, 0.05) is 6.54 Å². The molecule has 4 heteroatoms. The van der Waals surface area contributed by atoms with Crippen molar-refractivity contribution in [2.75, 3.05) is 6.54 Å². The minimum Gasteiger partial charge on any atom is -0.444 e. The summed E-state index contributed by atoms with van der Waals surface area (Å²) in [5, 5.41) is 0. The molecule has 88 valence electrons. The molecule has 0 aromatic carbocycles. The molecule has 2 N–H and O–H groups in total. The fourth-order valence-electron chi connectivity index (χ4n) is 1.73. The monoisotopic (exact) mass is 214 g/mol. The van der Waals surface area contributed by atoms with Gasteiger partial charge in [0.05, 0.1) is 6.17 Å². The number of carbonyl (C=O) groups excluding carboxylic acids is 1. The molecular weight excluding hydrogens is 192 g/mol. The van der Waals surface area contributed by atoms with Gasteiger partial charge in [-0.1, -0.05) is 6.92 Å². The zero-order valence-electron chi connectivity index (χ0n) is 10.1. The first-order chi connectivity index (χ1) is 6.79. The van der Waals surface area contributed by atoms with E-state index in [1.54, 1.807) is 4.90 Å². The van der Waals surface area contributed by atoms with Gasteiger partial charge in [0.1, 0.15) is 5.60 Å². The highest BCUT2D eigenvalue weighted by Crippen LogP contribution is 2.21. The van der Waals surface area contributed by atoms with Crippen LogP contribution in [0, 0.1) is 5.92 Å². The number of piperidine rings is 1. The molecule has 1 aliphatic heterocycles. The topological polar surface area (TPSA) is 55.6 Å². The molecule has 0 saturated carbocycles. The summed E-state index contributed by atoms with van der Waals surface area (Å²) >= 11 is 0. The smallest absolute Gasteiger partial charge is 0.411 e. The molecule has 1 saturated heterocycles. The molecule has 4 nitrogen and oxygen atoms in total. The van der Waals surface area contributed by atoms with Crippen molar-refractivity contribution in [2.45, 2.75) is 52.3 Å². The van der Waals surface area contributed by atoms with Crippen LogP contribution in [-0.2, 0) is 4.74 Å². The Hall–Kier alpha value is -0.770. The molecular formula is C11H22N2O2. The predicted octanol–water partition coefficient (Wildman–Crippen LogP) is 1.94. The van der Waals surface area contributed by atoms with Gasteiger partial charge in [-0.3, -0.25) is 4.90 Å². The van der Waals surface area contributed by atoms with Crippen LogP contribution >= 0.6 is 0 Å². The summed E-state index contributed by atoms with van der Waals surface area (Å²) in [6.07, 6.45) is 1.39.